The summed E-state index contributed by atoms with van der Waals surface area (Å²) in [5.41, 5.74) is -2.35. The molecule has 118 valence electrons. The lowest BCUT2D eigenvalue weighted by atomic mass is 10.1. The zero-order valence-electron chi connectivity index (χ0n) is 11.2. The van der Waals surface area contributed by atoms with Crippen LogP contribution in [0.5, 0.6) is 0 Å². The molecular weight excluding hydrogens is 310 g/mol. The standard InChI is InChI=1S/C14H10F6N2/c1-8-4-5-21-12(6-8)22-11-7-9(13(15,16)17)2-3-10(11)14(18,19)20/h2-7H,1H3,(H,21,22). The number of pyridine rings is 1. The smallest absolute Gasteiger partial charge is 0.340 e. The largest absolute Gasteiger partial charge is 0.418 e. The van der Waals surface area contributed by atoms with Gasteiger partial charge in [0.2, 0.25) is 0 Å². The minimum atomic E-state index is -4.78. The first-order chi connectivity index (χ1) is 10.1. The van der Waals surface area contributed by atoms with Gasteiger partial charge in [-0.05, 0) is 42.8 Å². The monoisotopic (exact) mass is 320 g/mol. The Labute approximate surface area is 121 Å². The molecule has 8 heteroatoms. The summed E-state index contributed by atoms with van der Waals surface area (Å²) in [6.45, 7) is 1.68. The molecule has 0 aliphatic heterocycles. The van der Waals surface area contributed by atoms with E-state index in [9.17, 15) is 26.3 Å². The lowest BCUT2D eigenvalue weighted by Crippen LogP contribution is -2.12. The fourth-order valence-corrected chi connectivity index (χ4v) is 1.81. The van der Waals surface area contributed by atoms with Gasteiger partial charge in [-0.25, -0.2) is 4.98 Å². The average molecular weight is 320 g/mol. The Morgan fingerprint density at radius 1 is 0.909 bits per heavy atom. The van der Waals surface area contributed by atoms with Crippen LogP contribution in [-0.4, -0.2) is 4.98 Å². The summed E-state index contributed by atoms with van der Waals surface area (Å²) < 4.78 is 76.8. The van der Waals surface area contributed by atoms with E-state index in [0.29, 0.717) is 23.8 Å². The maximum atomic E-state index is 12.9. The number of aryl methyl sites for hydroxylation is 1. The molecule has 1 aromatic carbocycles. The molecule has 0 spiro atoms. The van der Waals surface area contributed by atoms with E-state index in [-0.39, 0.29) is 5.82 Å². The van der Waals surface area contributed by atoms with Crippen molar-refractivity contribution in [3.63, 3.8) is 0 Å². The molecule has 0 aliphatic rings. The van der Waals surface area contributed by atoms with E-state index in [0.717, 1.165) is 0 Å². The van der Waals surface area contributed by atoms with Crippen LogP contribution in [0.3, 0.4) is 0 Å². The molecule has 22 heavy (non-hydrogen) atoms. The number of nitrogens with one attached hydrogen (secondary N) is 1. The van der Waals surface area contributed by atoms with E-state index in [1.165, 1.54) is 12.3 Å². The van der Waals surface area contributed by atoms with Crippen LogP contribution in [0.1, 0.15) is 16.7 Å². The van der Waals surface area contributed by atoms with Crippen molar-refractivity contribution in [1.82, 2.24) is 4.98 Å². The molecule has 0 radical (unpaired) electrons. The number of halogens is 6. The SMILES string of the molecule is Cc1ccnc(Nc2cc(C(F)(F)F)ccc2C(F)(F)F)c1. The highest BCUT2D eigenvalue weighted by atomic mass is 19.4. The van der Waals surface area contributed by atoms with Crippen molar-refractivity contribution in [2.24, 2.45) is 0 Å². The molecule has 2 nitrogen and oxygen atoms in total. The Bertz CT molecular complexity index is 676. The van der Waals surface area contributed by atoms with Crippen molar-refractivity contribution < 1.29 is 26.3 Å². The Morgan fingerprint density at radius 2 is 1.59 bits per heavy atom. The third-order valence-electron chi connectivity index (χ3n) is 2.83. The minimum Gasteiger partial charge on any atom is -0.340 e. The van der Waals surface area contributed by atoms with Gasteiger partial charge < -0.3 is 5.32 Å². The molecule has 0 aliphatic carbocycles. The molecule has 1 N–H and O–H groups in total. The van der Waals surface area contributed by atoms with Crippen LogP contribution >= 0.6 is 0 Å². The van der Waals surface area contributed by atoms with Gasteiger partial charge in [0, 0.05) is 6.20 Å². The number of benzene rings is 1. The second-order valence-corrected chi connectivity index (χ2v) is 4.60. The molecule has 0 fully saturated rings. The molecule has 0 unspecified atom stereocenters. The summed E-state index contributed by atoms with van der Waals surface area (Å²) in [6.07, 6.45) is -8.17. The summed E-state index contributed by atoms with van der Waals surface area (Å²) in [4.78, 5) is 3.79. The van der Waals surface area contributed by atoms with E-state index in [1.54, 1.807) is 13.0 Å². The predicted molar refractivity (Wildman–Crippen MR) is 68.7 cm³/mol. The normalized spacial score (nSPS) is 12.3. The van der Waals surface area contributed by atoms with E-state index >= 15 is 0 Å². The van der Waals surface area contributed by atoms with Crippen LogP contribution in [-0.2, 0) is 12.4 Å². The summed E-state index contributed by atoms with van der Waals surface area (Å²) in [7, 11) is 0. The van der Waals surface area contributed by atoms with Gasteiger partial charge >= 0.3 is 12.4 Å². The molecule has 1 aromatic heterocycles. The van der Waals surface area contributed by atoms with Gasteiger partial charge in [-0.2, -0.15) is 26.3 Å². The van der Waals surface area contributed by atoms with Crippen LogP contribution in [0.25, 0.3) is 0 Å². The summed E-state index contributed by atoms with van der Waals surface area (Å²) in [5, 5.41) is 2.30. The Balaban J connectivity index is 2.50. The lowest BCUT2D eigenvalue weighted by Gasteiger charge is -2.16. The first kappa shape index (κ1) is 16.1. The van der Waals surface area contributed by atoms with Crippen molar-refractivity contribution in [3.8, 4) is 0 Å². The van der Waals surface area contributed by atoms with Crippen LogP contribution in [0.4, 0.5) is 37.8 Å². The van der Waals surface area contributed by atoms with Gasteiger partial charge in [0.1, 0.15) is 5.82 Å². The van der Waals surface area contributed by atoms with Crippen molar-refractivity contribution in [3.05, 3.63) is 53.2 Å². The highest BCUT2D eigenvalue weighted by Gasteiger charge is 2.37. The van der Waals surface area contributed by atoms with Gasteiger partial charge in [0.15, 0.2) is 0 Å². The van der Waals surface area contributed by atoms with Crippen LogP contribution < -0.4 is 5.32 Å². The van der Waals surface area contributed by atoms with E-state index in [2.05, 4.69) is 10.3 Å². The Hall–Kier alpha value is -2.25. The molecular formula is C14H10F6N2. The maximum Gasteiger partial charge on any atom is 0.418 e. The fraction of sp³-hybridized carbons (Fsp3) is 0.214. The predicted octanol–water partition coefficient (Wildman–Crippen LogP) is 5.17. The van der Waals surface area contributed by atoms with E-state index in [4.69, 9.17) is 0 Å². The van der Waals surface area contributed by atoms with Crippen LogP contribution in [0.2, 0.25) is 0 Å². The molecule has 0 saturated carbocycles. The van der Waals surface area contributed by atoms with E-state index < -0.39 is 29.2 Å². The van der Waals surface area contributed by atoms with Gasteiger partial charge in [0.05, 0.1) is 16.8 Å². The van der Waals surface area contributed by atoms with Crippen molar-refractivity contribution in [2.75, 3.05) is 5.32 Å². The maximum absolute atomic E-state index is 12.9. The third kappa shape index (κ3) is 3.69. The van der Waals surface area contributed by atoms with Crippen molar-refractivity contribution >= 4 is 11.5 Å². The highest BCUT2D eigenvalue weighted by molar-refractivity contribution is 5.63. The van der Waals surface area contributed by atoms with E-state index in [1.807, 2.05) is 0 Å². The van der Waals surface area contributed by atoms with Crippen molar-refractivity contribution in [2.45, 2.75) is 19.3 Å². The Kier molecular flexibility index (Phi) is 4.04. The number of anilines is 2. The van der Waals surface area contributed by atoms with Gasteiger partial charge in [-0.1, -0.05) is 0 Å². The second-order valence-electron chi connectivity index (χ2n) is 4.60. The van der Waals surface area contributed by atoms with Crippen molar-refractivity contribution in [1.29, 1.82) is 0 Å². The van der Waals surface area contributed by atoms with Gasteiger partial charge in [0.25, 0.3) is 0 Å². The number of hydrogen-bond donors (Lipinski definition) is 1. The fourth-order valence-electron chi connectivity index (χ4n) is 1.81. The average Bonchev–Trinajstić information content (AvgIpc) is 2.36. The van der Waals surface area contributed by atoms with Gasteiger partial charge in [-0.15, -0.1) is 0 Å². The summed E-state index contributed by atoms with van der Waals surface area (Å²) in [6, 6.07) is 4.27. The second kappa shape index (κ2) is 5.51. The topological polar surface area (TPSA) is 24.9 Å². The van der Waals surface area contributed by atoms with Crippen LogP contribution in [0, 0.1) is 6.92 Å². The molecule has 0 saturated heterocycles. The van der Waals surface area contributed by atoms with Gasteiger partial charge in [-0.3, -0.25) is 0 Å². The first-order valence-corrected chi connectivity index (χ1v) is 6.05. The number of aromatic nitrogens is 1. The zero-order valence-corrected chi connectivity index (χ0v) is 11.2. The molecule has 2 rings (SSSR count). The first-order valence-electron chi connectivity index (χ1n) is 6.05. The number of hydrogen-bond acceptors (Lipinski definition) is 2. The quantitative estimate of drug-likeness (QED) is 0.772. The third-order valence-corrected chi connectivity index (χ3v) is 2.83. The number of nitrogens with zero attached hydrogens (tertiary/aromatic N) is 1. The minimum absolute atomic E-state index is 0.0322. The molecule has 0 bridgehead atoms. The Morgan fingerprint density at radius 3 is 2.14 bits per heavy atom. The van der Waals surface area contributed by atoms with Crippen LogP contribution in [0.15, 0.2) is 36.5 Å². The number of rotatable bonds is 2. The lowest BCUT2D eigenvalue weighted by molar-refractivity contribution is -0.140. The summed E-state index contributed by atoms with van der Waals surface area (Å²) in [5.74, 6) is 0.0322. The molecule has 0 atom stereocenters. The zero-order chi connectivity index (χ0) is 16.5. The molecule has 0 amide bonds. The molecule has 1 heterocycles. The summed E-state index contributed by atoms with van der Waals surface area (Å²) >= 11 is 0. The molecule has 2 aromatic rings. The highest BCUT2D eigenvalue weighted by Crippen LogP contribution is 2.39. The number of alkyl halides is 6.